The molecule has 0 amide bonds. The van der Waals surface area contributed by atoms with E-state index in [2.05, 4.69) is 16.8 Å². The van der Waals surface area contributed by atoms with Crippen molar-refractivity contribution in [3.8, 4) is 0 Å². The first-order chi connectivity index (χ1) is 1.91. The lowest BCUT2D eigenvalue weighted by atomic mass is 10.6. The molecule has 0 aliphatic rings. The second-order valence-corrected chi connectivity index (χ2v) is 1.02. The Morgan fingerprint density at radius 3 is 2.25 bits per heavy atom. The highest BCUT2D eigenvalue weighted by Crippen LogP contribution is 1.52. The van der Waals surface area contributed by atoms with Gasteiger partial charge in [0.25, 0.3) is 0 Å². The summed E-state index contributed by atoms with van der Waals surface area (Å²) in [5, 5.41) is 0. The van der Waals surface area contributed by atoms with Crippen LogP contribution in [0, 0.1) is 0 Å². The standard InChI is InChI=1S/C3H6Si/c1-2-3-4/h3H,2H2,1H3. The predicted molar refractivity (Wildman–Crippen MR) is 22.1 cm³/mol. The Morgan fingerprint density at radius 1 is 2.00 bits per heavy atom. The smallest absolute Gasteiger partial charge is 0.0248 e. The van der Waals surface area contributed by atoms with Gasteiger partial charge in [-0.2, -0.15) is 0 Å². The van der Waals surface area contributed by atoms with Gasteiger partial charge in [0.05, 0.1) is 0 Å². The van der Waals surface area contributed by atoms with E-state index in [4.69, 9.17) is 0 Å². The summed E-state index contributed by atoms with van der Waals surface area (Å²) in [6, 6.07) is 0. The first kappa shape index (κ1) is 4.09. The lowest BCUT2D eigenvalue weighted by Crippen LogP contribution is -1.57. The summed E-state index contributed by atoms with van der Waals surface area (Å²) in [4.78, 5) is 0. The van der Waals surface area contributed by atoms with Crippen molar-refractivity contribution in [2.45, 2.75) is 13.3 Å². The van der Waals surface area contributed by atoms with Crippen LogP contribution in [0.3, 0.4) is 0 Å². The molecule has 0 spiro atoms. The molecular formula is C3H6Si. The normalized spacial score (nSPS) is 6.25. The van der Waals surface area contributed by atoms with E-state index < -0.39 is 0 Å². The van der Waals surface area contributed by atoms with Crippen molar-refractivity contribution in [3.63, 3.8) is 0 Å². The molecule has 0 atom stereocenters. The zero-order chi connectivity index (χ0) is 3.41. The molecule has 0 nitrogen and oxygen atoms in total. The van der Waals surface area contributed by atoms with Crippen molar-refractivity contribution in [3.05, 3.63) is 0 Å². The molecule has 0 aromatic rings. The maximum Gasteiger partial charge on any atom is 0.0248 e. The minimum absolute atomic E-state index is 1.11. The monoisotopic (exact) mass is 70.0 g/mol. The van der Waals surface area contributed by atoms with Gasteiger partial charge in [-0.1, -0.05) is 6.92 Å². The molecule has 0 heterocycles. The molecule has 0 aromatic heterocycles. The maximum atomic E-state index is 3.16. The predicted octanol–water partition coefficient (Wildman–Crippen LogP) is 0.367. The van der Waals surface area contributed by atoms with Crippen LogP contribution in [-0.4, -0.2) is 15.5 Å². The van der Waals surface area contributed by atoms with Crippen LogP contribution in [0.15, 0.2) is 0 Å². The maximum absolute atomic E-state index is 3.16. The van der Waals surface area contributed by atoms with Crippen LogP contribution in [0.2, 0.25) is 0 Å². The molecule has 0 aliphatic carbocycles. The zero-order valence-electron chi connectivity index (χ0n) is 2.78. The molecule has 1 heteroatoms. The Hall–Kier alpha value is 0.0869. The fraction of sp³-hybridized carbons (Fsp3) is 0.667. The Balaban J connectivity index is 2.30. The van der Waals surface area contributed by atoms with Crippen molar-refractivity contribution in [2.75, 3.05) is 0 Å². The second kappa shape index (κ2) is 3.09. The fourth-order valence-electron chi connectivity index (χ4n) is 0. The van der Waals surface area contributed by atoms with Gasteiger partial charge < -0.3 is 0 Å². The van der Waals surface area contributed by atoms with Gasteiger partial charge in [-0.15, -0.1) is 5.67 Å². The third kappa shape index (κ3) is 2.09. The van der Waals surface area contributed by atoms with Crippen LogP contribution < -0.4 is 0 Å². The molecule has 0 bridgehead atoms. The van der Waals surface area contributed by atoms with Gasteiger partial charge in [0.15, 0.2) is 0 Å². The molecule has 0 rings (SSSR count). The summed E-state index contributed by atoms with van der Waals surface area (Å²) < 4.78 is 0. The third-order valence-electron chi connectivity index (χ3n) is 0.204. The van der Waals surface area contributed by atoms with Gasteiger partial charge >= 0.3 is 0 Å². The molecule has 2 radical (unpaired) electrons. The van der Waals surface area contributed by atoms with Crippen molar-refractivity contribution >= 4 is 15.5 Å². The Morgan fingerprint density at radius 2 is 2.25 bits per heavy atom. The fourth-order valence-corrected chi connectivity index (χ4v) is 0. The second-order valence-electron chi connectivity index (χ2n) is 0.612. The summed E-state index contributed by atoms with van der Waals surface area (Å²) in [5.74, 6) is 0. The summed E-state index contributed by atoms with van der Waals surface area (Å²) in [6.07, 6.45) is 1.11. The van der Waals surface area contributed by atoms with E-state index in [1.807, 2.05) is 5.67 Å². The molecule has 0 unspecified atom stereocenters. The van der Waals surface area contributed by atoms with Crippen molar-refractivity contribution in [1.82, 2.24) is 0 Å². The zero-order valence-corrected chi connectivity index (χ0v) is 3.78. The van der Waals surface area contributed by atoms with Crippen LogP contribution in [0.5, 0.6) is 0 Å². The molecule has 4 heavy (non-hydrogen) atoms. The van der Waals surface area contributed by atoms with Gasteiger partial charge in [-0.25, -0.2) is 0 Å². The summed E-state index contributed by atoms with van der Waals surface area (Å²) in [5.41, 5.74) is 1.93. The van der Waals surface area contributed by atoms with Crippen molar-refractivity contribution in [2.24, 2.45) is 0 Å². The first-order valence-corrected chi connectivity index (χ1v) is 1.98. The van der Waals surface area contributed by atoms with Crippen LogP contribution in [0.1, 0.15) is 13.3 Å². The molecule has 0 saturated carbocycles. The van der Waals surface area contributed by atoms with E-state index in [0.29, 0.717) is 0 Å². The Kier molecular flexibility index (Phi) is 3.15. The SMILES string of the molecule is CCC=[Si]. The number of hydrogen-bond acceptors (Lipinski definition) is 0. The average molecular weight is 70.2 g/mol. The van der Waals surface area contributed by atoms with E-state index in [0.717, 1.165) is 6.42 Å². The quantitative estimate of drug-likeness (QED) is 0.391. The third-order valence-corrected chi connectivity index (χ3v) is 0.612. The minimum Gasteiger partial charge on any atom is -0.103 e. The average Bonchev–Trinajstić information content (AvgIpc) is 1.37. The van der Waals surface area contributed by atoms with Crippen LogP contribution >= 0.6 is 0 Å². The molecule has 22 valence electrons. The highest BCUT2D eigenvalue weighted by molar-refractivity contribution is 6.27. The lowest BCUT2D eigenvalue weighted by Gasteiger charge is -1.57. The van der Waals surface area contributed by atoms with E-state index >= 15 is 0 Å². The van der Waals surface area contributed by atoms with E-state index in [-0.39, 0.29) is 0 Å². The largest absolute Gasteiger partial charge is 0.103 e. The van der Waals surface area contributed by atoms with Gasteiger partial charge in [0, 0.05) is 9.85 Å². The van der Waals surface area contributed by atoms with E-state index in [1.165, 1.54) is 0 Å². The number of hydrogen-bond donors (Lipinski definition) is 0. The first-order valence-electron chi connectivity index (χ1n) is 1.40. The summed E-state index contributed by atoms with van der Waals surface area (Å²) in [6.45, 7) is 2.08. The molecule has 0 saturated heterocycles. The van der Waals surface area contributed by atoms with E-state index in [1.54, 1.807) is 0 Å². The van der Waals surface area contributed by atoms with Gasteiger partial charge in [-0.05, 0) is 6.42 Å². The lowest BCUT2D eigenvalue weighted by molar-refractivity contribution is 1.35. The molecule has 0 fully saturated rings. The molecule has 0 aliphatic heterocycles. The molecule has 0 N–H and O–H groups in total. The molecule has 0 aromatic carbocycles. The highest BCUT2D eigenvalue weighted by Gasteiger charge is 1.45. The van der Waals surface area contributed by atoms with Gasteiger partial charge in [0.2, 0.25) is 0 Å². The van der Waals surface area contributed by atoms with Gasteiger partial charge in [0.1, 0.15) is 0 Å². The van der Waals surface area contributed by atoms with Gasteiger partial charge in [-0.3, -0.25) is 0 Å². The van der Waals surface area contributed by atoms with E-state index in [9.17, 15) is 0 Å². The van der Waals surface area contributed by atoms with Crippen LogP contribution in [-0.2, 0) is 0 Å². The Labute approximate surface area is 29.9 Å². The van der Waals surface area contributed by atoms with Crippen molar-refractivity contribution < 1.29 is 0 Å². The van der Waals surface area contributed by atoms with Crippen LogP contribution in [0.4, 0.5) is 0 Å². The molecular weight excluding hydrogens is 64.1 g/mol. The van der Waals surface area contributed by atoms with Crippen LogP contribution in [0.25, 0.3) is 0 Å². The highest BCUT2D eigenvalue weighted by atomic mass is 28.1. The topological polar surface area (TPSA) is 0 Å². The number of rotatable bonds is 1. The summed E-state index contributed by atoms with van der Waals surface area (Å²) >= 11 is 0. The minimum atomic E-state index is 1.11. The Bertz CT molecular complexity index is 17.2. The summed E-state index contributed by atoms with van der Waals surface area (Å²) in [7, 11) is 3.16. The van der Waals surface area contributed by atoms with Crippen molar-refractivity contribution in [1.29, 1.82) is 0 Å².